The van der Waals surface area contributed by atoms with Gasteiger partial charge < -0.3 is 9.15 Å². The molecule has 8 heteroatoms. The molecule has 2 aliphatic heterocycles. The summed E-state index contributed by atoms with van der Waals surface area (Å²) in [5.74, 6) is 1.72. The lowest BCUT2D eigenvalue weighted by Gasteiger charge is -2.31. The Balaban J connectivity index is 1.66. The minimum absolute atomic E-state index is 0.241. The summed E-state index contributed by atoms with van der Waals surface area (Å²) in [6, 6.07) is 3.84. The first kappa shape index (κ1) is 15.4. The fraction of sp³-hybridized carbons (Fsp3) is 0.692. The van der Waals surface area contributed by atoms with Gasteiger partial charge in [0.05, 0.1) is 24.7 Å². The standard InChI is InChI=1S/C13H20N2O4S2/c16-21(17,15-5-9-18-10-6-15)14-4-3-13(20-11-7-14)12-2-1-8-19-12/h1-2,8,13H,3-7,9-11H2. The van der Waals surface area contributed by atoms with Crippen molar-refractivity contribution < 1.29 is 17.6 Å². The van der Waals surface area contributed by atoms with Crippen LogP contribution in [0, 0.1) is 0 Å². The predicted molar refractivity (Wildman–Crippen MR) is 81.4 cm³/mol. The molecule has 2 saturated heterocycles. The molecule has 1 aromatic heterocycles. The van der Waals surface area contributed by atoms with Crippen LogP contribution in [-0.2, 0) is 14.9 Å². The van der Waals surface area contributed by atoms with Crippen LogP contribution in [0.5, 0.6) is 0 Å². The van der Waals surface area contributed by atoms with Crippen LogP contribution in [0.1, 0.15) is 17.4 Å². The van der Waals surface area contributed by atoms with E-state index in [0.29, 0.717) is 39.4 Å². The number of rotatable bonds is 3. The highest BCUT2D eigenvalue weighted by molar-refractivity contribution is 7.99. The van der Waals surface area contributed by atoms with Crippen LogP contribution in [0.4, 0.5) is 0 Å². The van der Waals surface area contributed by atoms with Crippen LogP contribution in [0.2, 0.25) is 0 Å². The third kappa shape index (κ3) is 3.45. The summed E-state index contributed by atoms with van der Waals surface area (Å²) in [5.41, 5.74) is 0. The Bertz CT molecular complexity index is 541. The maximum Gasteiger partial charge on any atom is 0.282 e. The molecule has 6 nitrogen and oxygen atoms in total. The molecule has 21 heavy (non-hydrogen) atoms. The molecule has 1 atom stereocenters. The summed E-state index contributed by atoms with van der Waals surface area (Å²) in [6.07, 6.45) is 2.45. The van der Waals surface area contributed by atoms with E-state index in [-0.39, 0.29) is 5.25 Å². The zero-order valence-corrected chi connectivity index (χ0v) is 13.4. The van der Waals surface area contributed by atoms with Gasteiger partial charge in [-0.25, -0.2) is 0 Å². The average Bonchev–Trinajstić information content (AvgIpc) is 2.92. The van der Waals surface area contributed by atoms with Crippen molar-refractivity contribution in [1.82, 2.24) is 8.61 Å². The van der Waals surface area contributed by atoms with Crippen molar-refractivity contribution >= 4 is 22.0 Å². The van der Waals surface area contributed by atoms with Crippen LogP contribution < -0.4 is 0 Å². The summed E-state index contributed by atoms with van der Waals surface area (Å²) in [5, 5.41) is 0.241. The summed E-state index contributed by atoms with van der Waals surface area (Å²) in [6.45, 7) is 2.97. The molecule has 0 N–H and O–H groups in total. The molecule has 0 bridgehead atoms. The quantitative estimate of drug-likeness (QED) is 0.836. The van der Waals surface area contributed by atoms with Crippen molar-refractivity contribution in [2.24, 2.45) is 0 Å². The van der Waals surface area contributed by atoms with Crippen molar-refractivity contribution in [1.29, 1.82) is 0 Å². The van der Waals surface area contributed by atoms with E-state index < -0.39 is 10.2 Å². The third-order valence-corrected chi connectivity index (χ3v) is 7.11. The van der Waals surface area contributed by atoms with Gasteiger partial charge in [-0.2, -0.15) is 17.0 Å². The number of morpholine rings is 1. The number of thioether (sulfide) groups is 1. The topological polar surface area (TPSA) is 63.0 Å². The van der Waals surface area contributed by atoms with Gasteiger partial charge in [0.25, 0.3) is 10.2 Å². The maximum absolute atomic E-state index is 12.7. The molecule has 0 amide bonds. The zero-order valence-electron chi connectivity index (χ0n) is 11.8. The SMILES string of the molecule is O=S(=O)(N1CCOCC1)N1CCSC(c2ccco2)CC1. The third-order valence-electron chi connectivity index (χ3n) is 3.78. The van der Waals surface area contributed by atoms with Crippen LogP contribution in [0.25, 0.3) is 0 Å². The minimum Gasteiger partial charge on any atom is -0.468 e. The number of nitrogens with zero attached hydrogens (tertiary/aromatic N) is 2. The van der Waals surface area contributed by atoms with Gasteiger partial charge in [0.15, 0.2) is 0 Å². The van der Waals surface area contributed by atoms with E-state index in [4.69, 9.17) is 9.15 Å². The highest BCUT2D eigenvalue weighted by atomic mass is 32.2. The molecule has 3 heterocycles. The Labute approximate surface area is 129 Å². The first-order chi connectivity index (χ1) is 10.2. The lowest BCUT2D eigenvalue weighted by molar-refractivity contribution is 0.0702. The number of furan rings is 1. The van der Waals surface area contributed by atoms with Gasteiger partial charge in [0, 0.05) is 31.9 Å². The van der Waals surface area contributed by atoms with E-state index in [1.165, 1.54) is 4.31 Å². The van der Waals surface area contributed by atoms with Gasteiger partial charge in [-0.3, -0.25) is 0 Å². The number of hydrogen-bond acceptors (Lipinski definition) is 5. The van der Waals surface area contributed by atoms with E-state index in [2.05, 4.69) is 0 Å². The molecule has 3 rings (SSSR count). The summed E-state index contributed by atoms with van der Waals surface area (Å²) >= 11 is 1.77. The van der Waals surface area contributed by atoms with Crippen molar-refractivity contribution in [2.45, 2.75) is 11.7 Å². The second-order valence-electron chi connectivity index (χ2n) is 5.08. The molecule has 0 saturated carbocycles. The molecule has 0 aromatic carbocycles. The van der Waals surface area contributed by atoms with Crippen molar-refractivity contribution in [3.8, 4) is 0 Å². The molecule has 118 valence electrons. The van der Waals surface area contributed by atoms with Crippen molar-refractivity contribution in [3.05, 3.63) is 24.2 Å². The van der Waals surface area contributed by atoms with E-state index >= 15 is 0 Å². The van der Waals surface area contributed by atoms with E-state index in [9.17, 15) is 8.42 Å². The fourth-order valence-electron chi connectivity index (χ4n) is 2.62. The molecule has 0 spiro atoms. The largest absolute Gasteiger partial charge is 0.468 e. The smallest absolute Gasteiger partial charge is 0.282 e. The summed E-state index contributed by atoms with van der Waals surface area (Å²) in [7, 11) is -3.36. The zero-order chi connectivity index (χ0) is 14.7. The van der Waals surface area contributed by atoms with Crippen LogP contribution in [-0.4, -0.2) is 62.2 Å². The van der Waals surface area contributed by atoms with Gasteiger partial charge >= 0.3 is 0 Å². The van der Waals surface area contributed by atoms with E-state index in [1.807, 2.05) is 12.1 Å². The maximum atomic E-state index is 12.7. The van der Waals surface area contributed by atoms with Crippen molar-refractivity contribution in [2.75, 3.05) is 45.1 Å². The van der Waals surface area contributed by atoms with Crippen molar-refractivity contribution in [3.63, 3.8) is 0 Å². The van der Waals surface area contributed by atoms with E-state index in [0.717, 1.165) is 17.9 Å². The Morgan fingerprint density at radius 2 is 1.90 bits per heavy atom. The molecule has 2 fully saturated rings. The average molecular weight is 332 g/mol. The second-order valence-corrected chi connectivity index (χ2v) is 8.32. The number of ether oxygens (including phenoxy) is 1. The minimum atomic E-state index is -3.36. The van der Waals surface area contributed by atoms with Gasteiger partial charge in [-0.15, -0.1) is 11.8 Å². The summed E-state index contributed by atoms with van der Waals surface area (Å²) < 4.78 is 39.1. The first-order valence-electron chi connectivity index (χ1n) is 7.16. The molecule has 1 unspecified atom stereocenters. The van der Waals surface area contributed by atoms with Gasteiger partial charge in [-0.1, -0.05) is 0 Å². The highest BCUT2D eigenvalue weighted by Gasteiger charge is 2.33. The molecule has 0 aliphatic carbocycles. The predicted octanol–water partition coefficient (Wildman–Crippen LogP) is 1.34. The van der Waals surface area contributed by atoms with Crippen LogP contribution >= 0.6 is 11.8 Å². The molecule has 1 aromatic rings. The van der Waals surface area contributed by atoms with Gasteiger partial charge in [0.1, 0.15) is 5.76 Å². The Hall–Kier alpha value is -0.540. The second kappa shape index (κ2) is 6.70. The number of hydrogen-bond donors (Lipinski definition) is 0. The Kier molecular flexibility index (Phi) is 4.90. The van der Waals surface area contributed by atoms with Gasteiger partial charge in [-0.05, 0) is 18.6 Å². The molecule has 0 radical (unpaired) electrons. The molecular weight excluding hydrogens is 312 g/mol. The first-order valence-corrected chi connectivity index (χ1v) is 9.60. The Morgan fingerprint density at radius 3 is 2.62 bits per heavy atom. The lowest BCUT2D eigenvalue weighted by Crippen LogP contribution is -2.49. The monoisotopic (exact) mass is 332 g/mol. The highest BCUT2D eigenvalue weighted by Crippen LogP contribution is 2.35. The molecule has 2 aliphatic rings. The van der Waals surface area contributed by atoms with Crippen LogP contribution in [0.3, 0.4) is 0 Å². The van der Waals surface area contributed by atoms with Crippen LogP contribution in [0.15, 0.2) is 22.8 Å². The fourth-order valence-corrected chi connectivity index (χ4v) is 5.51. The Morgan fingerprint density at radius 1 is 1.14 bits per heavy atom. The molecular formula is C13H20N2O4S2. The van der Waals surface area contributed by atoms with E-state index in [1.54, 1.807) is 22.3 Å². The lowest BCUT2D eigenvalue weighted by atomic mass is 10.2. The van der Waals surface area contributed by atoms with Gasteiger partial charge in [0.2, 0.25) is 0 Å². The normalized spacial score (nSPS) is 26.6. The summed E-state index contributed by atoms with van der Waals surface area (Å²) in [4.78, 5) is 0.